The number of amides is 1. The van der Waals surface area contributed by atoms with Crippen molar-refractivity contribution in [2.24, 2.45) is 5.92 Å². The summed E-state index contributed by atoms with van der Waals surface area (Å²) in [6.07, 6.45) is 2.00. The zero-order valence-corrected chi connectivity index (χ0v) is 18.2. The first-order valence-corrected chi connectivity index (χ1v) is 11.4. The van der Waals surface area contributed by atoms with Gasteiger partial charge in [-0.3, -0.25) is 9.59 Å². The van der Waals surface area contributed by atoms with E-state index in [1.54, 1.807) is 6.07 Å². The molecule has 3 aliphatic rings. The average molecular weight is 427 g/mol. The predicted octanol–water partition coefficient (Wildman–Crippen LogP) is 3.16. The summed E-state index contributed by atoms with van der Waals surface area (Å²) < 4.78 is 1.93. The quantitative estimate of drug-likeness (QED) is 0.632. The van der Waals surface area contributed by atoms with Crippen molar-refractivity contribution >= 4 is 11.7 Å². The Kier molecular flexibility index (Phi) is 4.42. The van der Waals surface area contributed by atoms with Crippen LogP contribution in [0.1, 0.15) is 34.1 Å². The summed E-state index contributed by atoms with van der Waals surface area (Å²) in [6.45, 7) is 2.92. The molecular formula is C26H26N4O2. The van der Waals surface area contributed by atoms with Gasteiger partial charge in [-0.2, -0.15) is 0 Å². The van der Waals surface area contributed by atoms with Crippen molar-refractivity contribution in [2.45, 2.75) is 25.3 Å². The number of nitrogens with zero attached hydrogens (tertiary/aromatic N) is 4. The molecule has 1 aromatic carbocycles. The molecule has 1 fully saturated rings. The zero-order valence-electron chi connectivity index (χ0n) is 18.2. The number of hydrogen-bond donors (Lipinski definition) is 0. The van der Waals surface area contributed by atoms with Crippen LogP contribution in [0.15, 0.2) is 59.4 Å². The maximum Gasteiger partial charge on any atom is 0.272 e. The number of rotatable bonds is 2. The monoisotopic (exact) mass is 426 g/mol. The third-order valence-corrected chi connectivity index (χ3v) is 7.20. The highest BCUT2D eigenvalue weighted by Crippen LogP contribution is 2.37. The Bertz CT molecular complexity index is 1270. The normalized spacial score (nSPS) is 21.3. The lowest BCUT2D eigenvalue weighted by Crippen LogP contribution is -2.49. The molecule has 0 spiro atoms. The van der Waals surface area contributed by atoms with Gasteiger partial charge in [0.05, 0.1) is 0 Å². The van der Waals surface area contributed by atoms with Crippen LogP contribution in [0.25, 0.3) is 11.1 Å². The molecule has 0 radical (unpaired) electrons. The molecule has 6 heteroatoms. The number of piperidine rings is 1. The van der Waals surface area contributed by atoms with Gasteiger partial charge in [-0.25, -0.2) is 4.98 Å². The SMILES string of the molecule is CN1CCc2ccc(C(=O)N3C[C@@H]4C[C@H](C3)c3cc(-c5ccccc5)cc(=O)n3C4)nc21. The van der Waals surface area contributed by atoms with E-state index in [1.807, 2.05) is 59.0 Å². The number of fused-ring (bicyclic) bond motifs is 5. The van der Waals surface area contributed by atoms with E-state index in [2.05, 4.69) is 11.0 Å². The summed E-state index contributed by atoms with van der Waals surface area (Å²) >= 11 is 0. The van der Waals surface area contributed by atoms with E-state index in [0.717, 1.165) is 42.0 Å². The van der Waals surface area contributed by atoms with Gasteiger partial charge in [0.1, 0.15) is 11.5 Å². The molecule has 0 saturated carbocycles. The molecule has 3 aromatic rings. The number of benzene rings is 1. The molecule has 5 heterocycles. The maximum absolute atomic E-state index is 13.4. The van der Waals surface area contributed by atoms with Crippen LogP contribution in [0, 0.1) is 5.92 Å². The minimum absolute atomic E-state index is 0.00203. The minimum Gasteiger partial charge on any atom is -0.359 e. The van der Waals surface area contributed by atoms with Gasteiger partial charge in [0.25, 0.3) is 11.5 Å². The standard InChI is InChI=1S/C26H26N4O2/c1-28-10-9-19-7-8-22(27-25(19)28)26(32)29-14-17-11-21(16-29)23-12-20(13-24(31)30(23)15-17)18-5-3-2-4-6-18/h2-8,12-13,17,21H,9-11,14-16H2,1H3/t17-,21+/m0/s1. The Labute approximate surface area is 187 Å². The molecule has 6 rings (SSSR count). The third kappa shape index (κ3) is 3.13. The summed E-state index contributed by atoms with van der Waals surface area (Å²) in [4.78, 5) is 35.1. The van der Waals surface area contributed by atoms with E-state index < -0.39 is 0 Å². The number of carbonyl (C=O) groups is 1. The number of pyridine rings is 2. The average Bonchev–Trinajstić information content (AvgIpc) is 3.19. The predicted molar refractivity (Wildman–Crippen MR) is 124 cm³/mol. The van der Waals surface area contributed by atoms with E-state index >= 15 is 0 Å². The lowest BCUT2D eigenvalue weighted by Gasteiger charge is -2.42. The Morgan fingerprint density at radius 3 is 2.69 bits per heavy atom. The van der Waals surface area contributed by atoms with Gasteiger partial charge in [0.15, 0.2) is 0 Å². The molecule has 0 N–H and O–H groups in total. The van der Waals surface area contributed by atoms with Gasteiger partial charge in [0.2, 0.25) is 0 Å². The molecule has 32 heavy (non-hydrogen) atoms. The van der Waals surface area contributed by atoms with Gasteiger partial charge in [0, 0.05) is 50.9 Å². The lowest BCUT2D eigenvalue weighted by atomic mass is 9.82. The van der Waals surface area contributed by atoms with Crippen molar-refractivity contribution in [1.29, 1.82) is 0 Å². The highest BCUT2D eigenvalue weighted by Gasteiger charge is 2.37. The van der Waals surface area contributed by atoms with Crippen molar-refractivity contribution in [3.05, 3.63) is 81.9 Å². The zero-order chi connectivity index (χ0) is 21.8. The molecule has 2 bridgehead atoms. The van der Waals surface area contributed by atoms with Crippen molar-refractivity contribution in [2.75, 3.05) is 31.6 Å². The maximum atomic E-state index is 13.4. The van der Waals surface area contributed by atoms with Gasteiger partial charge in [-0.15, -0.1) is 0 Å². The van der Waals surface area contributed by atoms with Crippen molar-refractivity contribution < 1.29 is 4.79 Å². The van der Waals surface area contributed by atoms with Crippen molar-refractivity contribution in [3.8, 4) is 11.1 Å². The van der Waals surface area contributed by atoms with Gasteiger partial charge in [-0.05, 0) is 47.6 Å². The van der Waals surface area contributed by atoms with Crippen molar-refractivity contribution in [1.82, 2.24) is 14.5 Å². The molecule has 2 atom stereocenters. The van der Waals surface area contributed by atoms with Crippen LogP contribution in [-0.2, 0) is 13.0 Å². The Hall–Kier alpha value is -3.41. The second-order valence-electron chi connectivity index (χ2n) is 9.34. The van der Waals surface area contributed by atoms with E-state index in [0.29, 0.717) is 31.2 Å². The van der Waals surface area contributed by atoms with Crippen LogP contribution in [0.2, 0.25) is 0 Å². The summed E-state index contributed by atoms with van der Waals surface area (Å²) in [5.41, 5.74) is 4.83. The number of carbonyl (C=O) groups excluding carboxylic acids is 1. The first-order chi connectivity index (χ1) is 15.6. The third-order valence-electron chi connectivity index (χ3n) is 7.20. The summed E-state index contributed by atoms with van der Waals surface area (Å²) in [6, 6.07) is 17.8. The van der Waals surface area contributed by atoms with E-state index in [-0.39, 0.29) is 17.4 Å². The highest BCUT2D eigenvalue weighted by molar-refractivity contribution is 5.93. The van der Waals surface area contributed by atoms with Crippen molar-refractivity contribution in [3.63, 3.8) is 0 Å². The second kappa shape index (κ2) is 7.33. The van der Waals surface area contributed by atoms with Gasteiger partial charge < -0.3 is 14.4 Å². The summed E-state index contributed by atoms with van der Waals surface area (Å²) in [5, 5.41) is 0. The molecule has 162 valence electrons. The molecule has 3 aliphatic heterocycles. The topological polar surface area (TPSA) is 58.4 Å². The van der Waals surface area contributed by atoms with E-state index in [4.69, 9.17) is 4.98 Å². The fraction of sp³-hybridized carbons (Fsp3) is 0.346. The molecule has 0 unspecified atom stereocenters. The number of anilines is 1. The van der Waals surface area contributed by atoms with E-state index in [1.165, 1.54) is 5.56 Å². The number of likely N-dealkylation sites (tertiary alicyclic amines) is 1. The summed E-state index contributed by atoms with van der Waals surface area (Å²) in [5.74, 6) is 1.39. The molecule has 2 aromatic heterocycles. The first-order valence-electron chi connectivity index (χ1n) is 11.4. The fourth-order valence-electron chi connectivity index (χ4n) is 5.60. The molecule has 6 nitrogen and oxygen atoms in total. The highest BCUT2D eigenvalue weighted by atomic mass is 16.2. The van der Waals surface area contributed by atoms with Crippen LogP contribution in [0.4, 0.5) is 5.82 Å². The van der Waals surface area contributed by atoms with Crippen LogP contribution >= 0.6 is 0 Å². The molecule has 0 aliphatic carbocycles. The Morgan fingerprint density at radius 2 is 1.84 bits per heavy atom. The Balaban J connectivity index is 1.31. The van der Waals surface area contributed by atoms with Crippen LogP contribution in [0.5, 0.6) is 0 Å². The van der Waals surface area contributed by atoms with Gasteiger partial charge in [-0.1, -0.05) is 36.4 Å². The number of aromatic nitrogens is 2. The molecule has 1 amide bonds. The smallest absolute Gasteiger partial charge is 0.272 e. The molecule has 1 saturated heterocycles. The van der Waals surface area contributed by atoms with Crippen LogP contribution < -0.4 is 10.5 Å². The lowest BCUT2D eigenvalue weighted by molar-refractivity contribution is 0.0589. The fourth-order valence-corrected chi connectivity index (χ4v) is 5.60. The molecular weight excluding hydrogens is 400 g/mol. The summed E-state index contributed by atoms with van der Waals surface area (Å²) in [7, 11) is 2.03. The van der Waals surface area contributed by atoms with Crippen LogP contribution in [0.3, 0.4) is 0 Å². The minimum atomic E-state index is -0.00203. The number of hydrogen-bond acceptors (Lipinski definition) is 4. The first kappa shape index (κ1) is 19.3. The Morgan fingerprint density at radius 1 is 1.00 bits per heavy atom. The number of likely N-dealkylation sites (N-methyl/N-ethyl adjacent to an activating group) is 1. The second-order valence-corrected chi connectivity index (χ2v) is 9.34. The van der Waals surface area contributed by atoms with Crippen LogP contribution in [-0.4, -0.2) is 47.0 Å². The largest absolute Gasteiger partial charge is 0.359 e. The van der Waals surface area contributed by atoms with Gasteiger partial charge >= 0.3 is 0 Å². The van der Waals surface area contributed by atoms with E-state index in [9.17, 15) is 9.59 Å².